The zero-order chi connectivity index (χ0) is 13.6. The highest BCUT2D eigenvalue weighted by atomic mass is 32.2. The van der Waals surface area contributed by atoms with Crippen molar-refractivity contribution in [3.05, 3.63) is 0 Å². The molecule has 100 valence electrons. The molecule has 0 rings (SSSR count). The maximum atomic E-state index is 11.9. The lowest BCUT2D eigenvalue weighted by atomic mass is 9.84. The number of thioether (sulfide) groups is 1. The number of aliphatic hydroxyl groups is 1. The van der Waals surface area contributed by atoms with Gasteiger partial charge in [0.2, 0.25) is 0 Å². The number of carbonyl (C=O) groups excluding carboxylic acids is 2. The molecule has 0 aromatic carbocycles. The van der Waals surface area contributed by atoms with Crippen LogP contribution in [0.3, 0.4) is 0 Å². The SMILES string of the molecule is CCSC(=O)[C@@H](CC(C)C)[C@@](C)(O)C(=O)OC. The van der Waals surface area contributed by atoms with E-state index >= 15 is 0 Å². The highest BCUT2D eigenvalue weighted by Crippen LogP contribution is 2.30. The molecule has 0 aromatic rings. The Morgan fingerprint density at radius 3 is 2.29 bits per heavy atom. The van der Waals surface area contributed by atoms with Crippen molar-refractivity contribution in [1.82, 2.24) is 0 Å². The van der Waals surface area contributed by atoms with E-state index in [4.69, 9.17) is 0 Å². The molecule has 0 unspecified atom stereocenters. The number of hydrogen-bond donors (Lipinski definition) is 1. The molecular formula is C12H22O4S. The van der Waals surface area contributed by atoms with Crippen LogP contribution in [0.5, 0.6) is 0 Å². The van der Waals surface area contributed by atoms with E-state index in [1.165, 1.54) is 14.0 Å². The van der Waals surface area contributed by atoms with Crippen LogP contribution >= 0.6 is 11.8 Å². The third kappa shape index (κ3) is 4.68. The average Bonchev–Trinajstić information content (AvgIpc) is 2.24. The van der Waals surface area contributed by atoms with Gasteiger partial charge in [0.25, 0.3) is 0 Å². The lowest BCUT2D eigenvalue weighted by Gasteiger charge is -2.30. The van der Waals surface area contributed by atoms with Gasteiger partial charge in [0.15, 0.2) is 10.7 Å². The van der Waals surface area contributed by atoms with Crippen LogP contribution in [0.15, 0.2) is 0 Å². The van der Waals surface area contributed by atoms with Crippen molar-refractivity contribution in [2.24, 2.45) is 11.8 Å². The van der Waals surface area contributed by atoms with Crippen molar-refractivity contribution < 1.29 is 19.4 Å². The normalized spacial score (nSPS) is 16.4. The van der Waals surface area contributed by atoms with Gasteiger partial charge >= 0.3 is 5.97 Å². The number of rotatable bonds is 6. The Kier molecular flexibility index (Phi) is 6.78. The van der Waals surface area contributed by atoms with Crippen molar-refractivity contribution in [1.29, 1.82) is 0 Å². The minimum Gasteiger partial charge on any atom is -0.467 e. The van der Waals surface area contributed by atoms with E-state index < -0.39 is 17.5 Å². The van der Waals surface area contributed by atoms with Crippen LogP contribution in [0, 0.1) is 11.8 Å². The number of esters is 1. The van der Waals surface area contributed by atoms with E-state index in [9.17, 15) is 14.7 Å². The van der Waals surface area contributed by atoms with Gasteiger partial charge in [-0.25, -0.2) is 4.79 Å². The van der Waals surface area contributed by atoms with Gasteiger partial charge in [-0.05, 0) is 25.0 Å². The van der Waals surface area contributed by atoms with Crippen molar-refractivity contribution >= 4 is 22.8 Å². The zero-order valence-electron chi connectivity index (χ0n) is 11.1. The number of ether oxygens (including phenoxy) is 1. The fourth-order valence-electron chi connectivity index (χ4n) is 1.62. The maximum Gasteiger partial charge on any atom is 0.338 e. The molecule has 0 aliphatic rings. The van der Waals surface area contributed by atoms with Crippen LogP contribution in [-0.2, 0) is 14.3 Å². The first-order chi connectivity index (χ1) is 7.77. The van der Waals surface area contributed by atoms with Crippen LogP contribution < -0.4 is 0 Å². The summed E-state index contributed by atoms with van der Waals surface area (Å²) in [5, 5.41) is 10.0. The Morgan fingerprint density at radius 2 is 1.94 bits per heavy atom. The molecule has 0 fully saturated rings. The van der Waals surface area contributed by atoms with E-state index in [1.807, 2.05) is 20.8 Å². The second kappa shape index (κ2) is 7.01. The van der Waals surface area contributed by atoms with Crippen LogP contribution in [0.1, 0.15) is 34.1 Å². The molecular weight excluding hydrogens is 240 g/mol. The lowest BCUT2D eigenvalue weighted by molar-refractivity contribution is -0.168. The van der Waals surface area contributed by atoms with Gasteiger partial charge in [-0.2, -0.15) is 0 Å². The molecule has 5 heteroatoms. The summed E-state index contributed by atoms with van der Waals surface area (Å²) in [6.07, 6.45) is 0.466. The molecule has 1 N–H and O–H groups in total. The van der Waals surface area contributed by atoms with Crippen LogP contribution in [-0.4, -0.2) is 34.7 Å². The first-order valence-corrected chi connectivity index (χ1v) is 6.73. The Labute approximate surface area is 107 Å². The second-order valence-corrected chi connectivity index (χ2v) is 5.84. The third-order valence-electron chi connectivity index (χ3n) is 2.56. The highest BCUT2D eigenvalue weighted by molar-refractivity contribution is 8.13. The number of hydrogen-bond acceptors (Lipinski definition) is 5. The largest absolute Gasteiger partial charge is 0.467 e. The first kappa shape index (κ1) is 16.4. The molecule has 0 bridgehead atoms. The van der Waals surface area contributed by atoms with E-state index in [-0.39, 0.29) is 11.0 Å². The van der Waals surface area contributed by atoms with Crippen LogP contribution in [0.4, 0.5) is 0 Å². The molecule has 0 saturated carbocycles. The summed E-state index contributed by atoms with van der Waals surface area (Å²) in [5.41, 5.74) is -1.75. The van der Waals surface area contributed by atoms with Gasteiger partial charge in [-0.1, -0.05) is 32.5 Å². The van der Waals surface area contributed by atoms with E-state index in [1.54, 1.807) is 0 Å². The summed E-state index contributed by atoms with van der Waals surface area (Å²) in [4.78, 5) is 23.5. The zero-order valence-corrected chi connectivity index (χ0v) is 12.0. The van der Waals surface area contributed by atoms with Crippen molar-refractivity contribution in [3.63, 3.8) is 0 Å². The molecule has 0 radical (unpaired) electrons. The topological polar surface area (TPSA) is 63.6 Å². The number of methoxy groups -OCH3 is 1. The quantitative estimate of drug-likeness (QED) is 0.740. The molecule has 17 heavy (non-hydrogen) atoms. The predicted molar refractivity (Wildman–Crippen MR) is 68.7 cm³/mol. The van der Waals surface area contributed by atoms with Crippen molar-refractivity contribution in [2.45, 2.75) is 39.7 Å². The summed E-state index contributed by atoms with van der Waals surface area (Å²) in [5.74, 6) is -0.629. The fourth-order valence-corrected chi connectivity index (χ4v) is 2.43. The Bertz CT molecular complexity index is 274. The minimum atomic E-state index is -1.75. The molecule has 0 aliphatic heterocycles. The van der Waals surface area contributed by atoms with E-state index in [0.717, 1.165) is 11.8 Å². The van der Waals surface area contributed by atoms with Gasteiger partial charge in [-0.3, -0.25) is 4.79 Å². The van der Waals surface area contributed by atoms with Gasteiger partial charge in [0.1, 0.15) is 0 Å². The summed E-state index contributed by atoms with van der Waals surface area (Å²) in [6.45, 7) is 7.11. The summed E-state index contributed by atoms with van der Waals surface area (Å²) in [7, 11) is 1.21. The van der Waals surface area contributed by atoms with Gasteiger partial charge < -0.3 is 9.84 Å². The Balaban J connectivity index is 5.02. The monoisotopic (exact) mass is 262 g/mol. The van der Waals surface area contributed by atoms with E-state index in [2.05, 4.69) is 4.74 Å². The number of carbonyl (C=O) groups is 2. The van der Waals surface area contributed by atoms with Crippen molar-refractivity contribution in [2.75, 3.05) is 12.9 Å². The van der Waals surface area contributed by atoms with Gasteiger partial charge in [0.05, 0.1) is 13.0 Å². The fraction of sp³-hybridized carbons (Fsp3) is 0.833. The average molecular weight is 262 g/mol. The van der Waals surface area contributed by atoms with E-state index in [0.29, 0.717) is 12.2 Å². The first-order valence-electron chi connectivity index (χ1n) is 5.74. The molecule has 0 spiro atoms. The Morgan fingerprint density at radius 1 is 1.41 bits per heavy atom. The molecule has 0 heterocycles. The third-order valence-corrected chi connectivity index (χ3v) is 3.41. The maximum absolute atomic E-state index is 11.9. The molecule has 0 saturated heterocycles. The predicted octanol–water partition coefficient (Wildman–Crippen LogP) is 1.85. The molecule has 2 atom stereocenters. The molecule has 0 aromatic heterocycles. The summed E-state index contributed by atoms with van der Waals surface area (Å²) < 4.78 is 4.56. The Hall–Kier alpha value is -0.550. The second-order valence-electron chi connectivity index (χ2n) is 4.57. The smallest absolute Gasteiger partial charge is 0.338 e. The molecule has 4 nitrogen and oxygen atoms in total. The standard InChI is InChI=1S/C12H22O4S/c1-6-17-10(13)9(7-8(2)3)12(4,15)11(14)16-5/h8-9,15H,6-7H2,1-5H3/t9-,12-/m1/s1. The lowest BCUT2D eigenvalue weighted by Crippen LogP contribution is -2.47. The highest BCUT2D eigenvalue weighted by Gasteiger charge is 2.44. The van der Waals surface area contributed by atoms with Crippen LogP contribution in [0.2, 0.25) is 0 Å². The summed E-state index contributed by atoms with van der Waals surface area (Å²) >= 11 is 1.13. The van der Waals surface area contributed by atoms with Gasteiger partial charge in [-0.15, -0.1) is 0 Å². The minimum absolute atomic E-state index is 0.156. The summed E-state index contributed by atoms with van der Waals surface area (Å²) in [6, 6.07) is 0. The van der Waals surface area contributed by atoms with Crippen LogP contribution in [0.25, 0.3) is 0 Å². The van der Waals surface area contributed by atoms with Crippen molar-refractivity contribution in [3.8, 4) is 0 Å². The van der Waals surface area contributed by atoms with Gasteiger partial charge in [0, 0.05) is 0 Å². The molecule has 0 amide bonds. The molecule has 0 aliphatic carbocycles.